The Kier molecular flexibility index (Phi) is 5.96. The molecule has 0 saturated carbocycles. The van der Waals surface area contributed by atoms with Gasteiger partial charge in [-0.05, 0) is 31.2 Å². The molecule has 2 aromatic rings. The number of phenolic OH excluding ortho intramolecular Hbond substituents is 3. The van der Waals surface area contributed by atoms with Crippen molar-refractivity contribution in [2.24, 2.45) is 0 Å². The van der Waals surface area contributed by atoms with Crippen LogP contribution < -0.4 is 14.2 Å². The smallest absolute Gasteiger partial charge is 0.346 e. The summed E-state index contributed by atoms with van der Waals surface area (Å²) in [5, 5.41) is 28.2. The Morgan fingerprint density at radius 1 is 0.852 bits per heavy atom. The molecule has 0 aliphatic carbocycles. The molecule has 0 aromatic heterocycles. The van der Waals surface area contributed by atoms with Gasteiger partial charge < -0.3 is 34.3 Å². The zero-order valence-corrected chi connectivity index (χ0v) is 14.8. The van der Waals surface area contributed by atoms with Gasteiger partial charge in [-0.3, -0.25) is 0 Å². The normalized spacial score (nSPS) is 10.2. The van der Waals surface area contributed by atoms with Gasteiger partial charge in [-0.25, -0.2) is 9.59 Å². The van der Waals surface area contributed by atoms with Gasteiger partial charge in [0.05, 0.1) is 32.0 Å². The minimum Gasteiger partial charge on any atom is -0.504 e. The first-order chi connectivity index (χ1) is 12.8. The largest absolute Gasteiger partial charge is 0.504 e. The van der Waals surface area contributed by atoms with E-state index in [0.717, 1.165) is 12.1 Å². The number of aromatic hydroxyl groups is 3. The number of carbonyl (C=O) groups excluding carboxylic acids is 2. The minimum atomic E-state index is -1.14. The molecule has 0 bridgehead atoms. The third kappa shape index (κ3) is 4.14. The topological polar surface area (TPSA) is 132 Å². The van der Waals surface area contributed by atoms with Gasteiger partial charge >= 0.3 is 11.9 Å². The molecule has 27 heavy (non-hydrogen) atoms. The van der Waals surface area contributed by atoms with Crippen molar-refractivity contribution in [2.45, 2.75) is 6.92 Å². The highest BCUT2D eigenvalue weighted by Crippen LogP contribution is 2.39. The average molecular weight is 378 g/mol. The van der Waals surface area contributed by atoms with E-state index in [1.165, 1.54) is 26.4 Å². The second-order valence-corrected chi connectivity index (χ2v) is 5.18. The Labute approximate surface area is 154 Å². The van der Waals surface area contributed by atoms with Crippen molar-refractivity contribution >= 4 is 11.9 Å². The van der Waals surface area contributed by atoms with Gasteiger partial charge in [-0.2, -0.15) is 0 Å². The molecule has 0 heterocycles. The second-order valence-electron chi connectivity index (χ2n) is 5.18. The first kappa shape index (κ1) is 19.7. The SMILES string of the molecule is CCOc1c(OC)cc(C(=O)OC(=O)c2cc(O)c(O)c(O)c2)cc1OC. The summed E-state index contributed by atoms with van der Waals surface area (Å²) in [6.07, 6.45) is 0. The third-order valence-corrected chi connectivity index (χ3v) is 3.48. The van der Waals surface area contributed by atoms with Crippen molar-refractivity contribution in [3.8, 4) is 34.5 Å². The van der Waals surface area contributed by atoms with Crippen molar-refractivity contribution in [1.29, 1.82) is 0 Å². The first-order valence-corrected chi connectivity index (χ1v) is 7.72. The summed E-state index contributed by atoms with van der Waals surface area (Å²) in [5.74, 6) is -3.73. The lowest BCUT2D eigenvalue weighted by atomic mass is 10.1. The van der Waals surface area contributed by atoms with E-state index in [1.807, 2.05) is 0 Å². The number of phenols is 3. The Hall–Kier alpha value is -3.62. The van der Waals surface area contributed by atoms with Crippen molar-refractivity contribution < 1.29 is 43.9 Å². The zero-order chi connectivity index (χ0) is 20.1. The van der Waals surface area contributed by atoms with Crippen molar-refractivity contribution in [3.05, 3.63) is 35.4 Å². The van der Waals surface area contributed by atoms with Crippen LogP contribution in [-0.2, 0) is 4.74 Å². The number of methoxy groups -OCH3 is 2. The summed E-state index contributed by atoms with van der Waals surface area (Å²) in [5.41, 5.74) is -0.381. The Bertz CT molecular complexity index is 825. The lowest BCUT2D eigenvalue weighted by Gasteiger charge is -2.14. The lowest BCUT2D eigenvalue weighted by molar-refractivity contribution is 0.0396. The van der Waals surface area contributed by atoms with E-state index in [-0.39, 0.29) is 22.6 Å². The van der Waals surface area contributed by atoms with Crippen LogP contribution in [0.5, 0.6) is 34.5 Å². The van der Waals surface area contributed by atoms with Gasteiger partial charge in [-0.1, -0.05) is 0 Å². The highest BCUT2D eigenvalue weighted by Gasteiger charge is 2.22. The fraction of sp³-hybridized carbons (Fsp3) is 0.222. The molecule has 0 aliphatic heterocycles. The molecule has 9 heteroatoms. The Morgan fingerprint density at radius 3 is 1.70 bits per heavy atom. The molecule has 9 nitrogen and oxygen atoms in total. The first-order valence-electron chi connectivity index (χ1n) is 7.72. The lowest BCUT2D eigenvalue weighted by Crippen LogP contribution is -2.13. The summed E-state index contributed by atoms with van der Waals surface area (Å²) < 4.78 is 20.5. The molecule has 3 N–H and O–H groups in total. The van der Waals surface area contributed by atoms with Gasteiger partial charge in [-0.15, -0.1) is 0 Å². The minimum absolute atomic E-state index is 0.0484. The van der Waals surface area contributed by atoms with Crippen LogP contribution in [0, 0.1) is 0 Å². The van der Waals surface area contributed by atoms with Gasteiger partial charge in [0, 0.05) is 0 Å². The van der Waals surface area contributed by atoms with E-state index < -0.39 is 29.2 Å². The van der Waals surface area contributed by atoms with Gasteiger partial charge in [0.2, 0.25) is 5.75 Å². The van der Waals surface area contributed by atoms with Crippen LogP contribution in [0.3, 0.4) is 0 Å². The van der Waals surface area contributed by atoms with Crippen molar-refractivity contribution in [2.75, 3.05) is 20.8 Å². The summed E-state index contributed by atoms with van der Waals surface area (Å²) in [7, 11) is 2.75. The molecule has 2 aromatic carbocycles. The molecule has 0 fully saturated rings. The maximum absolute atomic E-state index is 12.3. The zero-order valence-electron chi connectivity index (χ0n) is 14.8. The van der Waals surface area contributed by atoms with Crippen LogP contribution >= 0.6 is 0 Å². The monoisotopic (exact) mass is 378 g/mol. The van der Waals surface area contributed by atoms with Gasteiger partial charge in [0.25, 0.3) is 0 Å². The van der Waals surface area contributed by atoms with Crippen molar-refractivity contribution in [1.82, 2.24) is 0 Å². The number of esters is 2. The molecule has 0 atom stereocenters. The number of carbonyl (C=O) groups is 2. The maximum atomic E-state index is 12.3. The summed E-state index contributed by atoms with van der Waals surface area (Å²) >= 11 is 0. The van der Waals surface area contributed by atoms with Crippen LogP contribution in [0.1, 0.15) is 27.6 Å². The highest BCUT2D eigenvalue weighted by molar-refractivity contribution is 6.03. The number of hydrogen-bond donors (Lipinski definition) is 3. The van der Waals surface area contributed by atoms with E-state index in [2.05, 4.69) is 0 Å². The summed E-state index contributed by atoms with van der Waals surface area (Å²) in [4.78, 5) is 24.4. The molecule has 0 radical (unpaired) electrons. The molecule has 2 rings (SSSR count). The van der Waals surface area contributed by atoms with E-state index in [9.17, 15) is 24.9 Å². The molecule has 0 saturated heterocycles. The number of hydrogen-bond acceptors (Lipinski definition) is 9. The van der Waals surface area contributed by atoms with E-state index in [4.69, 9.17) is 18.9 Å². The average Bonchev–Trinajstić information content (AvgIpc) is 2.65. The number of rotatable bonds is 6. The van der Waals surface area contributed by atoms with Gasteiger partial charge in [0.1, 0.15) is 0 Å². The molecular formula is C18H18O9. The number of ether oxygens (including phenoxy) is 4. The molecule has 0 unspecified atom stereocenters. The quantitative estimate of drug-likeness (QED) is 0.393. The van der Waals surface area contributed by atoms with Crippen LogP contribution in [0.25, 0.3) is 0 Å². The second kappa shape index (κ2) is 8.17. The van der Waals surface area contributed by atoms with Crippen LogP contribution in [0.4, 0.5) is 0 Å². The van der Waals surface area contributed by atoms with E-state index in [1.54, 1.807) is 6.92 Å². The standard InChI is InChI=1S/C18H18O9/c1-4-26-16-13(24-2)7-10(8-14(16)25-3)18(23)27-17(22)9-5-11(19)15(21)12(20)6-9/h5-8,19-21H,4H2,1-3H3. The molecule has 0 spiro atoms. The van der Waals surface area contributed by atoms with E-state index in [0.29, 0.717) is 12.4 Å². The molecular weight excluding hydrogens is 360 g/mol. The molecule has 0 amide bonds. The summed E-state index contributed by atoms with van der Waals surface area (Å²) in [6, 6.07) is 4.33. The van der Waals surface area contributed by atoms with Crippen LogP contribution in [0.2, 0.25) is 0 Å². The molecule has 0 aliphatic rings. The molecule has 144 valence electrons. The Morgan fingerprint density at radius 2 is 1.30 bits per heavy atom. The predicted molar refractivity (Wildman–Crippen MR) is 91.9 cm³/mol. The van der Waals surface area contributed by atoms with Crippen LogP contribution in [0.15, 0.2) is 24.3 Å². The van der Waals surface area contributed by atoms with Crippen LogP contribution in [-0.4, -0.2) is 48.1 Å². The third-order valence-electron chi connectivity index (χ3n) is 3.48. The maximum Gasteiger partial charge on any atom is 0.346 e. The fourth-order valence-electron chi connectivity index (χ4n) is 2.21. The Balaban J connectivity index is 2.31. The highest BCUT2D eigenvalue weighted by atomic mass is 16.6. The van der Waals surface area contributed by atoms with Crippen molar-refractivity contribution in [3.63, 3.8) is 0 Å². The number of benzene rings is 2. The predicted octanol–water partition coefficient (Wildman–Crippen LogP) is 2.22. The fourth-order valence-corrected chi connectivity index (χ4v) is 2.21. The van der Waals surface area contributed by atoms with Gasteiger partial charge in [0.15, 0.2) is 28.7 Å². The van der Waals surface area contributed by atoms with E-state index >= 15 is 0 Å². The summed E-state index contributed by atoms with van der Waals surface area (Å²) in [6.45, 7) is 2.10.